The molecule has 0 spiro atoms. The van der Waals surface area contributed by atoms with Crippen LogP contribution in [0.4, 0.5) is 0 Å². The van der Waals surface area contributed by atoms with Gasteiger partial charge in [0.05, 0.1) is 0 Å². The van der Waals surface area contributed by atoms with E-state index in [4.69, 9.17) is 5.11 Å². The Morgan fingerprint density at radius 1 is 1.33 bits per heavy atom. The van der Waals surface area contributed by atoms with E-state index in [2.05, 4.69) is 10.5 Å². The Morgan fingerprint density at radius 3 is 2.60 bits per heavy atom. The molecule has 0 saturated carbocycles. The molecule has 0 fully saturated rings. The lowest BCUT2D eigenvalue weighted by molar-refractivity contribution is -0.130. The van der Waals surface area contributed by atoms with Gasteiger partial charge in [-0.2, -0.15) is 5.10 Å². The monoisotopic (exact) mass is 204 g/mol. The second-order valence-electron chi connectivity index (χ2n) is 3.12. The first-order valence-corrected chi connectivity index (χ1v) is 4.36. The van der Waals surface area contributed by atoms with Crippen LogP contribution in [0.5, 0.6) is 0 Å². The van der Waals surface area contributed by atoms with Gasteiger partial charge in [-0.25, -0.2) is 10.2 Å². The molecule has 0 bridgehead atoms. The Labute approximate surface area is 85.4 Å². The van der Waals surface area contributed by atoms with Crippen LogP contribution in [0.2, 0.25) is 0 Å². The molecular weight excluding hydrogens is 196 g/mol. The van der Waals surface area contributed by atoms with Crippen LogP contribution in [0.3, 0.4) is 0 Å². The first kappa shape index (κ1) is 9.39. The zero-order valence-corrected chi connectivity index (χ0v) is 7.68. The summed E-state index contributed by atoms with van der Waals surface area (Å²) in [4.78, 5) is 22.2. The summed E-state index contributed by atoms with van der Waals surface area (Å²) in [6.07, 6.45) is 0. The predicted octanol–water partition coefficient (Wildman–Crippen LogP) is 0.341. The highest BCUT2D eigenvalue weighted by Crippen LogP contribution is 2.21. The minimum atomic E-state index is -1.18. The van der Waals surface area contributed by atoms with E-state index >= 15 is 0 Å². The van der Waals surface area contributed by atoms with Gasteiger partial charge in [0.15, 0.2) is 5.71 Å². The van der Waals surface area contributed by atoms with Gasteiger partial charge in [0.25, 0.3) is 5.91 Å². The average Bonchev–Trinajstić information content (AvgIpc) is 2.61. The molecule has 0 aliphatic carbocycles. The summed E-state index contributed by atoms with van der Waals surface area (Å²) in [6, 6.07) is 8.71. The van der Waals surface area contributed by atoms with Crippen molar-refractivity contribution in [2.24, 2.45) is 5.10 Å². The summed E-state index contributed by atoms with van der Waals surface area (Å²) in [5, 5.41) is 12.3. The Bertz CT molecular complexity index is 439. The Hall–Kier alpha value is -2.17. The minimum Gasteiger partial charge on any atom is -0.477 e. The van der Waals surface area contributed by atoms with E-state index in [0.717, 1.165) is 0 Å². The van der Waals surface area contributed by atoms with Crippen LogP contribution in [0.15, 0.2) is 35.4 Å². The topological polar surface area (TPSA) is 78.8 Å². The summed E-state index contributed by atoms with van der Waals surface area (Å²) < 4.78 is 0. The number of hydrogen-bond donors (Lipinski definition) is 2. The predicted molar refractivity (Wildman–Crippen MR) is 52.4 cm³/mol. The molecule has 0 radical (unpaired) electrons. The van der Waals surface area contributed by atoms with Crippen molar-refractivity contribution >= 4 is 17.6 Å². The lowest BCUT2D eigenvalue weighted by atomic mass is 9.94. The molecule has 1 aromatic rings. The third-order valence-corrected chi connectivity index (χ3v) is 2.17. The van der Waals surface area contributed by atoms with Gasteiger partial charge in [-0.15, -0.1) is 0 Å². The summed E-state index contributed by atoms with van der Waals surface area (Å²) in [6.45, 7) is 0. The number of hydrogen-bond acceptors (Lipinski definition) is 3. The van der Waals surface area contributed by atoms with Gasteiger partial charge < -0.3 is 5.11 Å². The zero-order valence-electron chi connectivity index (χ0n) is 7.68. The quantitative estimate of drug-likeness (QED) is 0.729. The smallest absolute Gasteiger partial charge is 0.353 e. The molecular formula is C10H8N2O3. The fourth-order valence-electron chi connectivity index (χ4n) is 1.49. The molecule has 5 heteroatoms. The van der Waals surface area contributed by atoms with E-state index in [1.165, 1.54) is 0 Å². The number of carboxylic acid groups (broad SMARTS) is 1. The number of carboxylic acids is 1. The second kappa shape index (κ2) is 3.53. The van der Waals surface area contributed by atoms with Crippen LogP contribution in [0, 0.1) is 0 Å². The Morgan fingerprint density at radius 2 is 2.00 bits per heavy atom. The van der Waals surface area contributed by atoms with Crippen molar-refractivity contribution in [1.82, 2.24) is 5.43 Å². The summed E-state index contributed by atoms with van der Waals surface area (Å²) in [5.41, 5.74) is 2.64. The number of aliphatic carboxylic acids is 1. The number of nitrogens with one attached hydrogen (secondary N) is 1. The van der Waals surface area contributed by atoms with E-state index in [1.54, 1.807) is 30.3 Å². The van der Waals surface area contributed by atoms with Crippen LogP contribution in [-0.4, -0.2) is 22.7 Å². The molecule has 0 saturated heterocycles. The van der Waals surface area contributed by atoms with Crippen LogP contribution >= 0.6 is 0 Å². The van der Waals surface area contributed by atoms with Crippen molar-refractivity contribution in [2.45, 2.75) is 5.92 Å². The van der Waals surface area contributed by atoms with Gasteiger partial charge in [-0.1, -0.05) is 30.3 Å². The first-order chi connectivity index (χ1) is 7.20. The van der Waals surface area contributed by atoms with E-state index in [1.807, 2.05) is 0 Å². The minimum absolute atomic E-state index is 0.161. The zero-order chi connectivity index (χ0) is 10.8. The molecule has 1 heterocycles. The average molecular weight is 204 g/mol. The molecule has 1 amide bonds. The molecule has 0 unspecified atom stereocenters. The SMILES string of the molecule is O=C(O)C1=NNC(=O)[C@@H]1c1ccccc1. The second-order valence-corrected chi connectivity index (χ2v) is 3.12. The van der Waals surface area contributed by atoms with Crippen molar-refractivity contribution < 1.29 is 14.7 Å². The Balaban J connectivity index is 2.40. The highest BCUT2D eigenvalue weighted by molar-refractivity contribution is 6.43. The Kier molecular flexibility index (Phi) is 2.21. The van der Waals surface area contributed by atoms with Gasteiger partial charge in [0.2, 0.25) is 0 Å². The van der Waals surface area contributed by atoms with Crippen LogP contribution in [-0.2, 0) is 9.59 Å². The molecule has 2 N–H and O–H groups in total. The van der Waals surface area contributed by atoms with Crippen molar-refractivity contribution in [3.05, 3.63) is 35.9 Å². The van der Waals surface area contributed by atoms with Gasteiger partial charge in [-0.05, 0) is 5.56 Å². The van der Waals surface area contributed by atoms with Crippen LogP contribution in [0.1, 0.15) is 11.5 Å². The summed E-state index contributed by atoms with van der Waals surface area (Å²) in [7, 11) is 0. The number of carbonyl (C=O) groups excluding carboxylic acids is 1. The molecule has 1 aromatic carbocycles. The normalized spacial score (nSPS) is 19.6. The number of benzene rings is 1. The maximum Gasteiger partial charge on any atom is 0.353 e. The number of amides is 1. The molecule has 2 rings (SSSR count). The molecule has 1 aliphatic rings. The van der Waals surface area contributed by atoms with Crippen LogP contribution in [0.25, 0.3) is 0 Å². The lowest BCUT2D eigenvalue weighted by Crippen LogP contribution is -2.25. The maximum atomic E-state index is 11.4. The highest BCUT2D eigenvalue weighted by Gasteiger charge is 2.35. The molecule has 0 aromatic heterocycles. The number of rotatable bonds is 2. The van der Waals surface area contributed by atoms with Gasteiger partial charge in [-0.3, -0.25) is 4.79 Å². The summed E-state index contributed by atoms with van der Waals surface area (Å²) in [5.74, 6) is -2.38. The number of carbonyl (C=O) groups is 2. The largest absolute Gasteiger partial charge is 0.477 e. The van der Waals surface area contributed by atoms with Gasteiger partial charge in [0, 0.05) is 0 Å². The maximum absolute atomic E-state index is 11.4. The molecule has 1 aliphatic heterocycles. The van der Waals surface area contributed by atoms with E-state index in [-0.39, 0.29) is 5.71 Å². The van der Waals surface area contributed by atoms with Gasteiger partial charge in [0.1, 0.15) is 5.92 Å². The van der Waals surface area contributed by atoms with E-state index in [0.29, 0.717) is 5.56 Å². The fourth-order valence-corrected chi connectivity index (χ4v) is 1.49. The number of nitrogens with zero attached hydrogens (tertiary/aromatic N) is 1. The molecule has 1 atom stereocenters. The van der Waals surface area contributed by atoms with E-state index in [9.17, 15) is 9.59 Å². The standard InChI is InChI=1S/C10H8N2O3/c13-9-7(6-4-2-1-3-5-6)8(10(14)15)11-12-9/h1-5,7H,(H,12,13)(H,14,15)/t7-/m1/s1. The third-order valence-electron chi connectivity index (χ3n) is 2.17. The third kappa shape index (κ3) is 1.59. The first-order valence-electron chi connectivity index (χ1n) is 4.36. The van der Waals surface area contributed by atoms with Crippen molar-refractivity contribution in [3.63, 3.8) is 0 Å². The molecule has 5 nitrogen and oxygen atoms in total. The highest BCUT2D eigenvalue weighted by atomic mass is 16.4. The van der Waals surface area contributed by atoms with Crippen molar-refractivity contribution in [3.8, 4) is 0 Å². The number of hydrazone groups is 1. The summed E-state index contributed by atoms with van der Waals surface area (Å²) >= 11 is 0. The van der Waals surface area contributed by atoms with Gasteiger partial charge >= 0.3 is 5.97 Å². The van der Waals surface area contributed by atoms with Crippen molar-refractivity contribution in [2.75, 3.05) is 0 Å². The van der Waals surface area contributed by atoms with E-state index < -0.39 is 17.8 Å². The molecule has 15 heavy (non-hydrogen) atoms. The molecule has 76 valence electrons. The fraction of sp³-hybridized carbons (Fsp3) is 0.100. The van der Waals surface area contributed by atoms with Crippen LogP contribution < -0.4 is 5.43 Å². The van der Waals surface area contributed by atoms with Crippen molar-refractivity contribution in [1.29, 1.82) is 0 Å². The lowest BCUT2D eigenvalue weighted by Gasteiger charge is -2.06.